The molecule has 0 radical (unpaired) electrons. The van der Waals surface area contributed by atoms with Crippen LogP contribution in [0.5, 0.6) is 0 Å². The number of hydrogen-bond acceptors (Lipinski definition) is 6. The highest BCUT2D eigenvalue weighted by Crippen LogP contribution is 2.55. The minimum atomic E-state index is -0.646. The van der Waals surface area contributed by atoms with Gasteiger partial charge in [-0.2, -0.15) is 0 Å². The second-order valence-corrected chi connectivity index (χ2v) is 9.94. The van der Waals surface area contributed by atoms with E-state index in [1.54, 1.807) is 25.7 Å². The van der Waals surface area contributed by atoms with Gasteiger partial charge in [-0.25, -0.2) is 4.79 Å². The van der Waals surface area contributed by atoms with Crippen molar-refractivity contribution in [3.8, 4) is 0 Å². The van der Waals surface area contributed by atoms with Gasteiger partial charge in [-0.1, -0.05) is 30.3 Å². The highest BCUT2D eigenvalue weighted by atomic mass is 16.6. The molecular weight excluding hydrogens is 410 g/mol. The van der Waals surface area contributed by atoms with Gasteiger partial charge in [0.25, 0.3) is 0 Å². The summed E-state index contributed by atoms with van der Waals surface area (Å²) < 4.78 is 16.4. The predicted molar refractivity (Wildman–Crippen MR) is 119 cm³/mol. The van der Waals surface area contributed by atoms with Crippen molar-refractivity contribution in [2.75, 3.05) is 13.2 Å². The third-order valence-electron chi connectivity index (χ3n) is 6.62. The Morgan fingerprint density at radius 2 is 1.53 bits per heavy atom. The minimum Gasteiger partial charge on any atom is -0.466 e. The van der Waals surface area contributed by atoms with Crippen LogP contribution in [0.15, 0.2) is 30.3 Å². The van der Waals surface area contributed by atoms with Crippen molar-refractivity contribution in [3.63, 3.8) is 0 Å². The van der Waals surface area contributed by atoms with E-state index >= 15 is 0 Å². The van der Waals surface area contributed by atoms with Gasteiger partial charge < -0.3 is 14.2 Å². The summed E-state index contributed by atoms with van der Waals surface area (Å²) in [7, 11) is 0. The first-order chi connectivity index (χ1) is 15.1. The van der Waals surface area contributed by atoms with E-state index in [1.807, 2.05) is 37.3 Å². The number of rotatable bonds is 7. The SMILES string of the molecule is CCOC(=O)C12CCC(N(CC(=O)OC(C)(C)C)C(=O)OCc3ccccc3)(CC1)CC2. The van der Waals surface area contributed by atoms with Crippen LogP contribution in [0.25, 0.3) is 0 Å². The number of hydrogen-bond donors (Lipinski definition) is 0. The average Bonchev–Trinajstić information content (AvgIpc) is 2.77. The predicted octanol–water partition coefficient (Wildman–Crippen LogP) is 4.62. The molecule has 1 aromatic rings. The van der Waals surface area contributed by atoms with Crippen LogP contribution in [-0.2, 0) is 30.4 Å². The lowest BCUT2D eigenvalue weighted by Crippen LogP contribution is -2.61. The Bertz CT molecular complexity index is 804. The molecule has 3 fully saturated rings. The summed E-state index contributed by atoms with van der Waals surface area (Å²) in [5.74, 6) is -0.602. The zero-order valence-electron chi connectivity index (χ0n) is 19.6. The summed E-state index contributed by atoms with van der Waals surface area (Å²) in [4.78, 5) is 40.0. The molecule has 0 spiro atoms. The molecule has 0 saturated heterocycles. The number of carbonyl (C=O) groups excluding carboxylic acids is 3. The number of esters is 2. The van der Waals surface area contributed by atoms with Gasteiger partial charge in [0.1, 0.15) is 18.8 Å². The summed E-state index contributed by atoms with van der Waals surface area (Å²) in [6, 6.07) is 9.45. The fourth-order valence-corrected chi connectivity index (χ4v) is 4.89. The van der Waals surface area contributed by atoms with Crippen molar-refractivity contribution < 1.29 is 28.6 Å². The quantitative estimate of drug-likeness (QED) is 0.450. The van der Waals surface area contributed by atoms with Crippen LogP contribution in [0.1, 0.15) is 71.8 Å². The topological polar surface area (TPSA) is 82.1 Å². The van der Waals surface area contributed by atoms with Gasteiger partial charge in [0.2, 0.25) is 0 Å². The summed E-state index contributed by atoms with van der Waals surface area (Å²) in [5, 5.41) is 0. The third-order valence-corrected chi connectivity index (χ3v) is 6.62. The molecular formula is C25H35NO6. The number of nitrogens with zero attached hydrogens (tertiary/aromatic N) is 1. The largest absolute Gasteiger partial charge is 0.466 e. The van der Waals surface area contributed by atoms with Crippen molar-refractivity contribution in [1.29, 1.82) is 0 Å². The fraction of sp³-hybridized carbons (Fsp3) is 0.640. The molecule has 3 aliphatic rings. The van der Waals surface area contributed by atoms with Crippen LogP contribution in [0.4, 0.5) is 4.79 Å². The maximum atomic E-state index is 13.2. The van der Waals surface area contributed by atoms with Crippen LogP contribution in [0, 0.1) is 5.41 Å². The average molecular weight is 446 g/mol. The van der Waals surface area contributed by atoms with Crippen molar-refractivity contribution in [2.24, 2.45) is 5.41 Å². The van der Waals surface area contributed by atoms with E-state index in [9.17, 15) is 14.4 Å². The van der Waals surface area contributed by atoms with Gasteiger partial charge in [0.15, 0.2) is 0 Å². The molecule has 3 aliphatic carbocycles. The van der Waals surface area contributed by atoms with E-state index in [2.05, 4.69) is 0 Å². The Balaban J connectivity index is 1.76. The Hall–Kier alpha value is -2.57. The second-order valence-electron chi connectivity index (χ2n) is 9.94. The molecule has 3 saturated carbocycles. The standard InChI is InChI=1S/C25H35NO6/c1-5-30-21(28)24-11-14-25(15-12-24,16-13-24)26(17-20(27)32-23(2,3)4)22(29)31-18-19-9-7-6-8-10-19/h6-10H,5,11-18H2,1-4H3. The smallest absolute Gasteiger partial charge is 0.411 e. The fourth-order valence-electron chi connectivity index (χ4n) is 4.89. The Labute approximate surface area is 190 Å². The monoisotopic (exact) mass is 445 g/mol. The molecule has 0 aromatic heterocycles. The van der Waals surface area contributed by atoms with E-state index in [4.69, 9.17) is 14.2 Å². The molecule has 0 aliphatic heterocycles. The van der Waals surface area contributed by atoms with Crippen molar-refractivity contribution in [2.45, 2.75) is 84.0 Å². The van der Waals surface area contributed by atoms with E-state index in [0.29, 0.717) is 45.1 Å². The minimum absolute atomic E-state index is 0.132. The van der Waals surface area contributed by atoms with Gasteiger partial charge in [-0.15, -0.1) is 0 Å². The van der Waals surface area contributed by atoms with E-state index < -0.39 is 28.6 Å². The maximum absolute atomic E-state index is 13.2. The molecule has 2 bridgehead atoms. The van der Waals surface area contributed by atoms with E-state index in [1.165, 1.54) is 0 Å². The molecule has 4 rings (SSSR count). The van der Waals surface area contributed by atoms with Gasteiger partial charge >= 0.3 is 18.0 Å². The zero-order valence-corrected chi connectivity index (χ0v) is 19.6. The summed E-state index contributed by atoms with van der Waals surface area (Å²) in [6.07, 6.45) is 3.30. The van der Waals surface area contributed by atoms with Gasteiger partial charge in [0.05, 0.1) is 12.0 Å². The highest BCUT2D eigenvalue weighted by molar-refractivity contribution is 5.80. The summed E-state index contributed by atoms with van der Waals surface area (Å²) in [6.45, 7) is 7.55. The first kappa shape index (κ1) is 24.1. The van der Waals surface area contributed by atoms with Gasteiger partial charge in [0, 0.05) is 5.54 Å². The number of benzene rings is 1. The van der Waals surface area contributed by atoms with Gasteiger partial charge in [-0.05, 0) is 71.8 Å². The van der Waals surface area contributed by atoms with Crippen molar-refractivity contribution in [1.82, 2.24) is 4.90 Å². The molecule has 0 atom stereocenters. The first-order valence-corrected chi connectivity index (χ1v) is 11.5. The van der Waals surface area contributed by atoms with Crippen LogP contribution in [0.2, 0.25) is 0 Å². The van der Waals surface area contributed by atoms with Crippen LogP contribution in [-0.4, -0.2) is 47.2 Å². The van der Waals surface area contributed by atoms with E-state index in [0.717, 1.165) is 5.56 Å². The highest BCUT2D eigenvalue weighted by Gasteiger charge is 2.57. The first-order valence-electron chi connectivity index (χ1n) is 11.5. The van der Waals surface area contributed by atoms with Crippen molar-refractivity contribution >= 4 is 18.0 Å². The number of amides is 1. The lowest BCUT2D eigenvalue weighted by molar-refractivity contribution is -0.169. The molecule has 1 aromatic carbocycles. The van der Waals surface area contributed by atoms with E-state index in [-0.39, 0.29) is 19.1 Å². The summed E-state index contributed by atoms with van der Waals surface area (Å²) in [5.41, 5.74) is -0.751. The van der Waals surface area contributed by atoms with Crippen LogP contribution in [0.3, 0.4) is 0 Å². The molecule has 0 unspecified atom stereocenters. The Morgan fingerprint density at radius 3 is 2.06 bits per heavy atom. The third kappa shape index (κ3) is 5.43. The number of fused-ring (bicyclic) bond motifs is 3. The molecule has 7 nitrogen and oxygen atoms in total. The van der Waals surface area contributed by atoms with Gasteiger partial charge in [-0.3, -0.25) is 14.5 Å². The molecule has 0 heterocycles. The maximum Gasteiger partial charge on any atom is 0.411 e. The lowest BCUT2D eigenvalue weighted by atomic mass is 9.56. The normalized spacial score (nSPS) is 24.5. The zero-order chi connectivity index (χ0) is 23.4. The van der Waals surface area contributed by atoms with Crippen LogP contribution < -0.4 is 0 Å². The Morgan fingerprint density at radius 1 is 0.938 bits per heavy atom. The second kappa shape index (κ2) is 9.51. The lowest BCUT2D eigenvalue weighted by Gasteiger charge is -2.55. The molecule has 0 N–H and O–H groups in total. The number of ether oxygens (including phenoxy) is 3. The molecule has 176 valence electrons. The molecule has 7 heteroatoms. The molecule has 1 amide bonds. The van der Waals surface area contributed by atoms with Crippen LogP contribution >= 0.6 is 0 Å². The molecule has 32 heavy (non-hydrogen) atoms. The van der Waals surface area contributed by atoms with Crippen molar-refractivity contribution in [3.05, 3.63) is 35.9 Å². The Kier molecular flexibility index (Phi) is 7.16. The number of carbonyl (C=O) groups is 3. The summed E-state index contributed by atoms with van der Waals surface area (Å²) >= 11 is 0.